The maximum atomic E-state index is 14.4. The van der Waals surface area contributed by atoms with Crippen molar-refractivity contribution in [3.8, 4) is 0 Å². The van der Waals surface area contributed by atoms with Crippen LogP contribution < -0.4 is 5.32 Å². The Morgan fingerprint density at radius 1 is 1.21 bits per heavy atom. The molecule has 6 rings (SSSR count). The Bertz CT molecular complexity index is 1210. The predicted octanol–water partition coefficient (Wildman–Crippen LogP) is 6.05. The number of aryl methyl sites for hydroxylation is 2. The molecule has 0 spiro atoms. The van der Waals surface area contributed by atoms with Crippen LogP contribution in [0.3, 0.4) is 0 Å². The van der Waals surface area contributed by atoms with E-state index in [1.165, 1.54) is 18.1 Å². The highest BCUT2D eigenvalue weighted by atomic mass is 19.1. The molecular formula is C31H40FN3O3. The number of benzene rings is 1. The molecule has 3 atom stereocenters. The fourth-order valence-corrected chi connectivity index (χ4v) is 6.58. The minimum Gasteiger partial charge on any atom is -0.510 e. The minimum atomic E-state index is -0.346. The van der Waals surface area contributed by atoms with E-state index in [1.54, 1.807) is 6.07 Å². The van der Waals surface area contributed by atoms with Crippen LogP contribution in [0.25, 0.3) is 0 Å². The van der Waals surface area contributed by atoms with Gasteiger partial charge in [0.15, 0.2) is 0 Å². The molecule has 0 radical (unpaired) electrons. The van der Waals surface area contributed by atoms with Gasteiger partial charge in [0.1, 0.15) is 23.5 Å². The maximum Gasteiger partial charge on any atom is 0.129 e. The second kappa shape index (κ2) is 10.6. The molecule has 1 aliphatic carbocycles. The highest BCUT2D eigenvalue weighted by molar-refractivity contribution is 5.47. The number of nitrogens with zero attached hydrogens (tertiary/aromatic N) is 2. The van der Waals surface area contributed by atoms with Crippen LogP contribution in [0.1, 0.15) is 80.5 Å². The lowest BCUT2D eigenvalue weighted by molar-refractivity contribution is -0.0236. The SMILES string of the molecule is CC1(C)CO[C@H]2C(=C(O)[C@H](N3CC[C@@H](OCCCCc4ccc5c(n4)NCCC5)C3)c3cc(F)ccc32)C1. The van der Waals surface area contributed by atoms with Crippen LogP contribution in [0.4, 0.5) is 10.2 Å². The van der Waals surface area contributed by atoms with Crippen LogP contribution in [-0.2, 0) is 22.3 Å². The van der Waals surface area contributed by atoms with Crippen molar-refractivity contribution < 1.29 is 19.0 Å². The van der Waals surface area contributed by atoms with Gasteiger partial charge in [0, 0.05) is 37.5 Å². The van der Waals surface area contributed by atoms with Crippen molar-refractivity contribution in [2.75, 3.05) is 38.2 Å². The van der Waals surface area contributed by atoms with Gasteiger partial charge < -0.3 is 19.9 Å². The molecular weight excluding hydrogens is 481 g/mol. The number of aromatic nitrogens is 1. The molecule has 2 N–H and O–H groups in total. The molecule has 2 fully saturated rings. The van der Waals surface area contributed by atoms with Gasteiger partial charge in [-0.15, -0.1) is 0 Å². The maximum absolute atomic E-state index is 14.4. The third-order valence-electron chi connectivity index (χ3n) is 8.51. The van der Waals surface area contributed by atoms with E-state index in [2.05, 4.69) is 36.2 Å². The number of unbranched alkanes of at least 4 members (excludes halogenated alkanes) is 1. The third kappa shape index (κ3) is 5.21. The summed E-state index contributed by atoms with van der Waals surface area (Å²) in [5, 5.41) is 14.9. The average Bonchev–Trinajstić information content (AvgIpc) is 3.36. The number of rotatable bonds is 7. The van der Waals surface area contributed by atoms with Gasteiger partial charge in [-0.3, -0.25) is 4.90 Å². The third-order valence-corrected chi connectivity index (χ3v) is 8.51. The van der Waals surface area contributed by atoms with Crippen molar-refractivity contribution in [2.24, 2.45) is 5.41 Å². The number of anilines is 1. The molecule has 0 amide bonds. The number of hydrogen-bond donors (Lipinski definition) is 2. The normalized spacial score (nSPS) is 26.4. The fraction of sp³-hybridized carbons (Fsp3) is 0.581. The lowest BCUT2D eigenvalue weighted by Crippen LogP contribution is -2.38. The number of halogens is 1. The molecule has 2 saturated heterocycles. The Balaban J connectivity index is 1.06. The Kier molecular flexibility index (Phi) is 7.18. The van der Waals surface area contributed by atoms with Crippen molar-refractivity contribution >= 4 is 5.82 Å². The van der Waals surface area contributed by atoms with E-state index in [0.29, 0.717) is 12.4 Å². The van der Waals surface area contributed by atoms with Gasteiger partial charge in [-0.25, -0.2) is 9.37 Å². The average molecular weight is 522 g/mol. The summed E-state index contributed by atoms with van der Waals surface area (Å²) in [6, 6.07) is 8.96. The zero-order chi connectivity index (χ0) is 26.3. The van der Waals surface area contributed by atoms with Gasteiger partial charge in [-0.1, -0.05) is 26.0 Å². The lowest BCUT2D eigenvalue weighted by Gasteiger charge is -2.43. The van der Waals surface area contributed by atoms with Crippen molar-refractivity contribution in [1.82, 2.24) is 9.88 Å². The Morgan fingerprint density at radius 3 is 3.00 bits per heavy atom. The van der Waals surface area contributed by atoms with Crippen LogP contribution in [0.15, 0.2) is 41.7 Å². The van der Waals surface area contributed by atoms with Crippen LogP contribution in [-0.4, -0.2) is 53.9 Å². The van der Waals surface area contributed by atoms with Gasteiger partial charge in [0.25, 0.3) is 0 Å². The van der Waals surface area contributed by atoms with Gasteiger partial charge >= 0.3 is 0 Å². The van der Waals surface area contributed by atoms with Gasteiger partial charge in [-0.2, -0.15) is 0 Å². The zero-order valence-electron chi connectivity index (χ0n) is 22.6. The number of fused-ring (bicyclic) bond motifs is 4. The second-order valence-corrected chi connectivity index (χ2v) is 12.2. The molecule has 4 aliphatic rings. The summed E-state index contributed by atoms with van der Waals surface area (Å²) in [5.74, 6) is 1.12. The van der Waals surface area contributed by atoms with Crippen LogP contribution >= 0.6 is 0 Å². The minimum absolute atomic E-state index is 0.0380. The summed E-state index contributed by atoms with van der Waals surface area (Å²) in [5.41, 5.74) is 5.18. The molecule has 4 heterocycles. The molecule has 3 aliphatic heterocycles. The predicted molar refractivity (Wildman–Crippen MR) is 146 cm³/mol. The van der Waals surface area contributed by atoms with E-state index in [9.17, 15) is 9.50 Å². The highest BCUT2D eigenvalue weighted by Gasteiger charge is 2.44. The molecule has 6 nitrogen and oxygen atoms in total. The first-order chi connectivity index (χ1) is 18.4. The zero-order valence-corrected chi connectivity index (χ0v) is 22.6. The van der Waals surface area contributed by atoms with E-state index >= 15 is 0 Å². The summed E-state index contributed by atoms with van der Waals surface area (Å²) in [4.78, 5) is 7.05. The molecule has 1 aromatic heterocycles. The summed E-state index contributed by atoms with van der Waals surface area (Å²) in [6.07, 6.45) is 6.80. The van der Waals surface area contributed by atoms with Gasteiger partial charge in [0.2, 0.25) is 0 Å². The molecule has 0 unspecified atom stereocenters. The first-order valence-electron chi connectivity index (χ1n) is 14.3. The smallest absolute Gasteiger partial charge is 0.129 e. The van der Waals surface area contributed by atoms with Crippen LogP contribution in [0.2, 0.25) is 0 Å². The number of hydrogen-bond acceptors (Lipinski definition) is 6. The standard InChI is InChI=1S/C31H40FN3O3/c1-31(2)17-26-28(36)27(25-16-21(32)9-11-24(25)29(26)38-19-31)35-14-12-23(18-35)37-15-4-3-7-22-10-8-20-6-5-13-33-30(20)34-22/h8-11,16,23,27,29,36H,3-7,12-15,17-19H2,1-2H3,(H,33,34)/t23-,27-,29-/m1/s1. The number of pyridine rings is 1. The molecule has 0 bridgehead atoms. The van der Waals surface area contributed by atoms with Crippen molar-refractivity contribution in [1.29, 1.82) is 0 Å². The molecule has 204 valence electrons. The van der Waals surface area contributed by atoms with Crippen LogP contribution in [0.5, 0.6) is 0 Å². The molecule has 38 heavy (non-hydrogen) atoms. The summed E-state index contributed by atoms with van der Waals surface area (Å²) >= 11 is 0. The Morgan fingerprint density at radius 2 is 2.11 bits per heavy atom. The monoisotopic (exact) mass is 521 g/mol. The second-order valence-electron chi connectivity index (χ2n) is 12.2. The first-order valence-corrected chi connectivity index (χ1v) is 14.3. The largest absolute Gasteiger partial charge is 0.510 e. The summed E-state index contributed by atoms with van der Waals surface area (Å²) in [7, 11) is 0. The number of nitrogens with one attached hydrogen (secondary N) is 1. The summed E-state index contributed by atoms with van der Waals surface area (Å²) < 4.78 is 26.8. The van der Waals surface area contributed by atoms with E-state index < -0.39 is 0 Å². The number of aliphatic hydroxyl groups is 1. The van der Waals surface area contributed by atoms with Gasteiger partial charge in [0.05, 0.1) is 18.8 Å². The van der Waals surface area contributed by atoms with Crippen LogP contribution in [0, 0.1) is 11.2 Å². The van der Waals surface area contributed by atoms with Crippen molar-refractivity contribution in [2.45, 2.75) is 77.0 Å². The highest BCUT2D eigenvalue weighted by Crippen LogP contribution is 2.51. The summed E-state index contributed by atoms with van der Waals surface area (Å²) in [6.45, 7) is 8.21. The number of ether oxygens (including phenoxy) is 2. The molecule has 1 aromatic carbocycles. The van der Waals surface area contributed by atoms with E-state index in [1.807, 2.05) is 6.07 Å². The van der Waals surface area contributed by atoms with E-state index in [-0.39, 0.29) is 29.5 Å². The quantitative estimate of drug-likeness (QED) is 0.433. The van der Waals surface area contributed by atoms with Crippen molar-refractivity contribution in [3.63, 3.8) is 0 Å². The fourth-order valence-electron chi connectivity index (χ4n) is 6.58. The van der Waals surface area contributed by atoms with Crippen molar-refractivity contribution in [3.05, 3.63) is 69.9 Å². The first kappa shape index (κ1) is 25.8. The van der Waals surface area contributed by atoms with E-state index in [4.69, 9.17) is 14.5 Å². The van der Waals surface area contributed by atoms with E-state index in [0.717, 1.165) is 93.0 Å². The molecule has 7 heteroatoms. The lowest BCUT2D eigenvalue weighted by atomic mass is 9.74. The topological polar surface area (TPSA) is 66.9 Å². The number of likely N-dealkylation sites (tertiary alicyclic amines) is 1. The Hall–Kier alpha value is -2.48. The number of aliphatic hydroxyl groups excluding tert-OH is 1. The Labute approximate surface area is 225 Å². The molecule has 0 saturated carbocycles. The molecule has 2 aromatic rings. The van der Waals surface area contributed by atoms with Gasteiger partial charge in [-0.05, 0) is 85.3 Å².